The van der Waals surface area contributed by atoms with E-state index in [1.165, 1.54) is 60.8 Å². The predicted octanol–water partition coefficient (Wildman–Crippen LogP) is 7.96. The lowest BCUT2D eigenvalue weighted by atomic mass is 10.2. The summed E-state index contributed by atoms with van der Waals surface area (Å²) in [6.07, 6.45) is 1.23. The van der Waals surface area contributed by atoms with E-state index in [1.807, 2.05) is 0 Å². The summed E-state index contributed by atoms with van der Waals surface area (Å²) < 4.78 is 63.6. The van der Waals surface area contributed by atoms with Crippen LogP contribution in [-0.2, 0) is 16.1 Å². The molecule has 0 saturated carbocycles. The molecule has 2 amide bonds. The van der Waals surface area contributed by atoms with Crippen molar-refractivity contribution >= 4 is 64.4 Å². The maximum Gasteiger partial charge on any atom is 0.446 e. The van der Waals surface area contributed by atoms with Crippen molar-refractivity contribution in [1.29, 1.82) is 0 Å². The van der Waals surface area contributed by atoms with E-state index in [2.05, 4.69) is 10.6 Å². The number of halogens is 5. The highest BCUT2D eigenvalue weighted by Crippen LogP contribution is 2.37. The molecule has 1 aromatic heterocycles. The molecule has 0 radical (unpaired) electrons. The maximum atomic E-state index is 14.2. The molecule has 0 spiro atoms. The second kappa shape index (κ2) is 15.0. The monoisotopic (exact) mass is 688 g/mol. The minimum atomic E-state index is -4.39. The fourth-order valence-corrected chi connectivity index (χ4v) is 4.83. The van der Waals surface area contributed by atoms with Crippen molar-refractivity contribution in [1.82, 2.24) is 4.57 Å². The SMILES string of the molecule is Cl.NC(C(=O)OCc1ccccc1)C(=O)n1cc(NC(=O)Nc2ccc(Oc3ccc(SC(F)(F)F)cc3)cc2)c2cc(F)ccc21. The lowest BCUT2D eigenvalue weighted by Gasteiger charge is -2.12. The number of nitrogens with one attached hydrogen (secondary N) is 2. The third kappa shape index (κ3) is 9.25. The van der Waals surface area contributed by atoms with Gasteiger partial charge in [0.2, 0.25) is 0 Å². The average molecular weight is 689 g/mol. The van der Waals surface area contributed by atoms with Crippen molar-refractivity contribution < 1.29 is 41.4 Å². The number of nitrogens with two attached hydrogens (primary N) is 1. The highest BCUT2D eigenvalue weighted by molar-refractivity contribution is 8.00. The summed E-state index contributed by atoms with van der Waals surface area (Å²) in [7, 11) is 0. The number of amides is 2. The number of carbonyl (C=O) groups excluding carboxylic acids is 3. The summed E-state index contributed by atoms with van der Waals surface area (Å²) in [6.45, 7) is -0.0872. The number of benzene rings is 4. The van der Waals surface area contributed by atoms with Crippen LogP contribution in [0.5, 0.6) is 11.5 Å². The van der Waals surface area contributed by atoms with Crippen LogP contribution in [0.15, 0.2) is 108 Å². The molecule has 0 fully saturated rings. The number of hydrogen-bond acceptors (Lipinski definition) is 7. The highest BCUT2D eigenvalue weighted by Gasteiger charge is 2.29. The van der Waals surface area contributed by atoms with Gasteiger partial charge in [0, 0.05) is 22.2 Å². The highest BCUT2D eigenvalue weighted by atomic mass is 35.5. The van der Waals surface area contributed by atoms with Gasteiger partial charge in [-0.3, -0.25) is 9.36 Å². The number of aromatic nitrogens is 1. The number of carbonyl (C=O) groups is 3. The first-order valence-corrected chi connectivity index (χ1v) is 14.3. The van der Waals surface area contributed by atoms with Crippen LogP contribution in [0.4, 0.5) is 33.7 Å². The number of nitrogens with zero attached hydrogens (tertiary/aromatic N) is 1. The Morgan fingerprint density at radius 2 is 1.51 bits per heavy atom. The summed E-state index contributed by atoms with van der Waals surface area (Å²) in [5.41, 5.74) is 2.82. The number of hydrogen-bond donors (Lipinski definition) is 3. The van der Waals surface area contributed by atoms with Gasteiger partial charge in [-0.25, -0.2) is 14.0 Å². The van der Waals surface area contributed by atoms with Crippen LogP contribution in [0.25, 0.3) is 10.9 Å². The Morgan fingerprint density at radius 3 is 2.15 bits per heavy atom. The third-order valence-electron chi connectivity index (χ3n) is 6.40. The second-order valence-electron chi connectivity index (χ2n) is 9.71. The first kappa shape index (κ1) is 34.8. The first-order chi connectivity index (χ1) is 21.9. The number of urea groups is 1. The minimum absolute atomic E-state index is 0. The number of rotatable bonds is 9. The minimum Gasteiger partial charge on any atom is -0.459 e. The molecule has 4 N–H and O–H groups in total. The number of ether oxygens (including phenoxy) is 2. The van der Waals surface area contributed by atoms with Crippen LogP contribution in [0, 0.1) is 5.82 Å². The lowest BCUT2D eigenvalue weighted by Crippen LogP contribution is -2.42. The Labute approximate surface area is 275 Å². The van der Waals surface area contributed by atoms with Crippen molar-refractivity contribution in [2.24, 2.45) is 5.73 Å². The van der Waals surface area contributed by atoms with Crippen LogP contribution < -0.4 is 21.1 Å². The van der Waals surface area contributed by atoms with Crippen LogP contribution in [-0.4, -0.2) is 34.0 Å². The van der Waals surface area contributed by atoms with E-state index in [0.29, 0.717) is 22.7 Å². The first-order valence-electron chi connectivity index (χ1n) is 13.5. The Hall–Kier alpha value is -5.05. The van der Waals surface area contributed by atoms with Gasteiger partial charge in [-0.1, -0.05) is 30.3 Å². The number of esters is 1. The normalized spacial score (nSPS) is 11.7. The van der Waals surface area contributed by atoms with E-state index in [1.54, 1.807) is 30.3 Å². The summed E-state index contributed by atoms with van der Waals surface area (Å²) in [6, 6.07) is 21.4. The van der Waals surface area contributed by atoms with Gasteiger partial charge in [0.05, 0.1) is 11.2 Å². The Morgan fingerprint density at radius 1 is 0.872 bits per heavy atom. The van der Waals surface area contributed by atoms with Crippen LogP contribution in [0.2, 0.25) is 0 Å². The largest absolute Gasteiger partial charge is 0.459 e. The molecule has 1 heterocycles. The maximum absolute atomic E-state index is 14.2. The molecule has 0 saturated heterocycles. The van der Waals surface area contributed by atoms with Crippen molar-refractivity contribution in [3.05, 3.63) is 115 Å². The Balaban J connectivity index is 0.00000500. The van der Waals surface area contributed by atoms with E-state index in [0.717, 1.165) is 16.7 Å². The molecule has 15 heteroatoms. The molecule has 9 nitrogen and oxygen atoms in total. The summed E-state index contributed by atoms with van der Waals surface area (Å²) >= 11 is -0.232. The summed E-state index contributed by atoms with van der Waals surface area (Å²) in [5.74, 6) is -1.77. The van der Waals surface area contributed by atoms with E-state index >= 15 is 0 Å². The fraction of sp³-hybridized carbons (Fsp3) is 0.0938. The van der Waals surface area contributed by atoms with E-state index in [9.17, 15) is 31.9 Å². The molecule has 244 valence electrons. The van der Waals surface area contributed by atoms with Gasteiger partial charge < -0.3 is 25.8 Å². The van der Waals surface area contributed by atoms with Crippen molar-refractivity contribution in [2.45, 2.75) is 23.1 Å². The molecule has 4 aromatic carbocycles. The molecule has 0 aliphatic heterocycles. The predicted molar refractivity (Wildman–Crippen MR) is 171 cm³/mol. The van der Waals surface area contributed by atoms with Crippen molar-refractivity contribution in [2.75, 3.05) is 10.6 Å². The molecule has 1 atom stereocenters. The topological polar surface area (TPSA) is 125 Å². The molecule has 5 rings (SSSR count). The van der Waals surface area contributed by atoms with Crippen LogP contribution in [0.1, 0.15) is 10.4 Å². The van der Waals surface area contributed by atoms with Gasteiger partial charge in [-0.2, -0.15) is 13.2 Å². The molecule has 0 aliphatic rings. The molecular formula is C32H25ClF4N4O5S. The van der Waals surface area contributed by atoms with E-state index in [-0.39, 0.29) is 52.3 Å². The van der Waals surface area contributed by atoms with Gasteiger partial charge in [-0.05, 0) is 84.1 Å². The zero-order chi connectivity index (χ0) is 32.8. The molecule has 47 heavy (non-hydrogen) atoms. The van der Waals surface area contributed by atoms with Gasteiger partial charge in [0.25, 0.3) is 5.91 Å². The fourth-order valence-electron chi connectivity index (χ4n) is 4.29. The average Bonchev–Trinajstić information content (AvgIpc) is 3.37. The van der Waals surface area contributed by atoms with Gasteiger partial charge in [0.1, 0.15) is 23.9 Å². The summed E-state index contributed by atoms with van der Waals surface area (Å²) in [5, 5.41) is 5.34. The van der Waals surface area contributed by atoms with Gasteiger partial charge in [-0.15, -0.1) is 12.4 Å². The number of fused-ring (bicyclic) bond motifs is 1. The Bertz CT molecular complexity index is 1870. The van der Waals surface area contributed by atoms with Crippen molar-refractivity contribution in [3.63, 3.8) is 0 Å². The smallest absolute Gasteiger partial charge is 0.446 e. The number of anilines is 2. The molecule has 5 aromatic rings. The van der Waals surface area contributed by atoms with Gasteiger partial charge >= 0.3 is 17.5 Å². The zero-order valence-corrected chi connectivity index (χ0v) is 25.6. The molecule has 0 aliphatic carbocycles. The zero-order valence-electron chi connectivity index (χ0n) is 24.0. The second-order valence-corrected chi connectivity index (χ2v) is 10.8. The standard InChI is InChI=1S/C32H24F4N4O5S.ClH/c33-20-6-15-27-25(16-20)26(17-40(27)29(41)28(37)30(42)44-18-19-4-2-1-3-5-19)39-31(43)38-21-7-9-22(10-8-21)45-23-11-13-24(14-12-23)46-32(34,35)36;/h1-17,28H,18,37H2,(H2,38,39,43);1H. The lowest BCUT2D eigenvalue weighted by molar-refractivity contribution is -0.145. The van der Waals surface area contributed by atoms with E-state index in [4.69, 9.17) is 15.2 Å². The number of thioether (sulfide) groups is 1. The summed E-state index contributed by atoms with van der Waals surface area (Å²) in [4.78, 5) is 38.6. The van der Waals surface area contributed by atoms with Gasteiger partial charge in [0.15, 0.2) is 6.04 Å². The third-order valence-corrected chi connectivity index (χ3v) is 7.14. The Kier molecular flexibility index (Phi) is 11.1. The molecular weight excluding hydrogens is 664 g/mol. The quantitative estimate of drug-likeness (QED) is 0.0621. The van der Waals surface area contributed by atoms with E-state index < -0.39 is 35.3 Å². The van der Waals surface area contributed by atoms with Crippen LogP contribution >= 0.6 is 24.2 Å². The van der Waals surface area contributed by atoms with Crippen molar-refractivity contribution in [3.8, 4) is 11.5 Å². The number of alkyl halides is 3. The van der Waals surface area contributed by atoms with Crippen LogP contribution in [0.3, 0.4) is 0 Å². The molecule has 0 bridgehead atoms. The molecule has 1 unspecified atom stereocenters.